The van der Waals surface area contributed by atoms with E-state index in [1.54, 1.807) is 0 Å². The molecule has 0 saturated heterocycles. The lowest BCUT2D eigenvalue weighted by atomic mass is 10.1. The third kappa shape index (κ3) is 4.50. The molecule has 1 heterocycles. The van der Waals surface area contributed by atoms with Gasteiger partial charge in [0.2, 0.25) is 5.88 Å². The molecule has 0 aliphatic rings. The third-order valence-electron chi connectivity index (χ3n) is 2.39. The minimum atomic E-state index is 0.546. The van der Waals surface area contributed by atoms with Gasteiger partial charge in [-0.2, -0.15) is 0 Å². The van der Waals surface area contributed by atoms with Crippen molar-refractivity contribution in [3.63, 3.8) is 0 Å². The molecule has 0 aliphatic carbocycles. The van der Waals surface area contributed by atoms with Crippen LogP contribution in [0.25, 0.3) is 0 Å². The van der Waals surface area contributed by atoms with Crippen LogP contribution >= 0.6 is 15.9 Å². The zero-order valence-electron chi connectivity index (χ0n) is 10.7. The Bertz CT molecular complexity index is 347. The zero-order valence-corrected chi connectivity index (χ0v) is 12.2. The predicted molar refractivity (Wildman–Crippen MR) is 73.5 cm³/mol. The molecule has 5 heteroatoms. The van der Waals surface area contributed by atoms with Gasteiger partial charge in [0.15, 0.2) is 0 Å². The van der Waals surface area contributed by atoms with Crippen molar-refractivity contribution in [3.8, 4) is 5.88 Å². The fourth-order valence-electron chi connectivity index (χ4n) is 1.54. The van der Waals surface area contributed by atoms with Crippen LogP contribution in [0.2, 0.25) is 0 Å². The summed E-state index contributed by atoms with van der Waals surface area (Å²) in [7, 11) is 0. The van der Waals surface area contributed by atoms with Gasteiger partial charge < -0.3 is 10.1 Å². The highest BCUT2D eigenvalue weighted by Crippen LogP contribution is 2.28. The summed E-state index contributed by atoms with van der Waals surface area (Å²) in [6, 6.07) is 0. The molecule has 1 N–H and O–H groups in total. The van der Waals surface area contributed by atoms with E-state index in [4.69, 9.17) is 4.74 Å². The fourth-order valence-corrected chi connectivity index (χ4v) is 2.00. The molecule has 0 amide bonds. The van der Waals surface area contributed by atoms with Crippen molar-refractivity contribution in [1.29, 1.82) is 0 Å². The first-order chi connectivity index (χ1) is 8.19. The van der Waals surface area contributed by atoms with Crippen LogP contribution < -0.4 is 10.1 Å². The second-order valence-electron chi connectivity index (χ2n) is 4.08. The summed E-state index contributed by atoms with van der Waals surface area (Å²) in [6.45, 7) is 7.90. The molecule has 1 unspecified atom stereocenters. The average molecular weight is 302 g/mol. The lowest BCUT2D eigenvalue weighted by Crippen LogP contribution is -2.10. The largest absolute Gasteiger partial charge is 0.476 e. The van der Waals surface area contributed by atoms with Crippen LogP contribution in [-0.4, -0.2) is 23.1 Å². The molecule has 0 spiro atoms. The Labute approximate surface area is 111 Å². The molecule has 0 aromatic carbocycles. The molecule has 0 fully saturated rings. The van der Waals surface area contributed by atoms with Crippen LogP contribution in [0.3, 0.4) is 0 Å². The molecule has 1 rings (SSSR count). The quantitative estimate of drug-likeness (QED) is 0.837. The van der Waals surface area contributed by atoms with Crippen molar-refractivity contribution >= 4 is 21.7 Å². The minimum absolute atomic E-state index is 0.546. The Morgan fingerprint density at radius 3 is 2.82 bits per heavy atom. The number of nitrogens with zero attached hydrogens (tertiary/aromatic N) is 2. The maximum atomic E-state index is 5.70. The molecule has 17 heavy (non-hydrogen) atoms. The Kier molecular flexibility index (Phi) is 6.26. The Morgan fingerprint density at radius 2 is 2.18 bits per heavy atom. The minimum Gasteiger partial charge on any atom is -0.476 e. The normalized spacial score (nSPS) is 12.2. The van der Waals surface area contributed by atoms with Gasteiger partial charge in [0.05, 0.1) is 6.61 Å². The number of rotatable bonds is 7. The molecule has 1 aromatic rings. The number of hydrogen-bond donors (Lipinski definition) is 1. The van der Waals surface area contributed by atoms with Crippen molar-refractivity contribution in [2.24, 2.45) is 5.92 Å². The van der Waals surface area contributed by atoms with Crippen LogP contribution in [-0.2, 0) is 0 Å². The summed E-state index contributed by atoms with van der Waals surface area (Å²) in [4.78, 5) is 8.28. The van der Waals surface area contributed by atoms with Gasteiger partial charge in [0.25, 0.3) is 0 Å². The van der Waals surface area contributed by atoms with Crippen LogP contribution in [0.5, 0.6) is 5.88 Å². The molecular weight excluding hydrogens is 282 g/mol. The standard InChI is InChI=1S/C12H20BrN3O/c1-4-6-9(3)7-17-12-10(13)11(14-5-2)15-8-16-12/h8-9H,4-7H2,1-3H3,(H,14,15,16). The lowest BCUT2D eigenvalue weighted by molar-refractivity contribution is 0.241. The van der Waals surface area contributed by atoms with E-state index >= 15 is 0 Å². The van der Waals surface area contributed by atoms with Gasteiger partial charge in [-0.15, -0.1) is 0 Å². The monoisotopic (exact) mass is 301 g/mol. The van der Waals surface area contributed by atoms with Crippen molar-refractivity contribution in [3.05, 3.63) is 10.8 Å². The van der Waals surface area contributed by atoms with Crippen molar-refractivity contribution in [2.75, 3.05) is 18.5 Å². The SMILES string of the molecule is CCCC(C)COc1ncnc(NCC)c1Br. The van der Waals surface area contributed by atoms with Gasteiger partial charge in [-0.25, -0.2) is 9.97 Å². The molecular formula is C12H20BrN3O. The second-order valence-corrected chi connectivity index (χ2v) is 4.87. The van der Waals surface area contributed by atoms with Crippen molar-refractivity contribution in [2.45, 2.75) is 33.6 Å². The van der Waals surface area contributed by atoms with Crippen LogP contribution in [0.1, 0.15) is 33.6 Å². The van der Waals surface area contributed by atoms with E-state index in [1.807, 2.05) is 6.92 Å². The zero-order chi connectivity index (χ0) is 12.7. The highest BCUT2D eigenvalue weighted by molar-refractivity contribution is 9.10. The second kappa shape index (κ2) is 7.48. The first-order valence-corrected chi connectivity index (χ1v) is 6.85. The molecule has 4 nitrogen and oxygen atoms in total. The van der Waals surface area contributed by atoms with E-state index < -0.39 is 0 Å². The van der Waals surface area contributed by atoms with Gasteiger partial charge in [-0.1, -0.05) is 20.3 Å². The number of aromatic nitrogens is 2. The van der Waals surface area contributed by atoms with E-state index in [0.29, 0.717) is 18.4 Å². The molecule has 1 atom stereocenters. The molecule has 0 bridgehead atoms. The number of ether oxygens (including phenoxy) is 1. The summed E-state index contributed by atoms with van der Waals surface area (Å²) in [5, 5.41) is 3.15. The summed E-state index contributed by atoms with van der Waals surface area (Å²) in [5.74, 6) is 1.93. The first kappa shape index (κ1) is 14.2. The van der Waals surface area contributed by atoms with E-state index in [1.165, 1.54) is 19.2 Å². The smallest absolute Gasteiger partial charge is 0.233 e. The summed E-state index contributed by atoms with van der Waals surface area (Å²) >= 11 is 3.46. The number of halogens is 1. The molecule has 0 saturated carbocycles. The summed E-state index contributed by atoms with van der Waals surface area (Å²) in [5.41, 5.74) is 0. The van der Waals surface area contributed by atoms with Gasteiger partial charge in [0, 0.05) is 6.54 Å². The Hall–Kier alpha value is -0.840. The third-order valence-corrected chi connectivity index (χ3v) is 3.10. The molecule has 96 valence electrons. The molecule has 0 aliphatic heterocycles. The van der Waals surface area contributed by atoms with Gasteiger partial charge in [-0.05, 0) is 35.2 Å². The van der Waals surface area contributed by atoms with Crippen molar-refractivity contribution < 1.29 is 4.74 Å². The lowest BCUT2D eigenvalue weighted by Gasteiger charge is -2.13. The van der Waals surface area contributed by atoms with E-state index in [9.17, 15) is 0 Å². The van der Waals surface area contributed by atoms with Gasteiger partial charge in [-0.3, -0.25) is 0 Å². The van der Waals surface area contributed by atoms with Crippen LogP contribution in [0.15, 0.2) is 10.8 Å². The van der Waals surface area contributed by atoms with Crippen LogP contribution in [0, 0.1) is 5.92 Å². The van der Waals surface area contributed by atoms with Crippen molar-refractivity contribution in [1.82, 2.24) is 9.97 Å². The topological polar surface area (TPSA) is 47.0 Å². The van der Waals surface area contributed by atoms with Gasteiger partial charge >= 0.3 is 0 Å². The Balaban J connectivity index is 2.61. The maximum absolute atomic E-state index is 5.70. The summed E-state index contributed by atoms with van der Waals surface area (Å²) < 4.78 is 6.50. The van der Waals surface area contributed by atoms with E-state index in [2.05, 4.69) is 45.1 Å². The molecule has 0 radical (unpaired) electrons. The maximum Gasteiger partial charge on any atom is 0.233 e. The fraction of sp³-hybridized carbons (Fsp3) is 0.667. The number of nitrogens with one attached hydrogen (secondary N) is 1. The average Bonchev–Trinajstić information content (AvgIpc) is 2.31. The first-order valence-electron chi connectivity index (χ1n) is 6.06. The number of anilines is 1. The summed E-state index contributed by atoms with van der Waals surface area (Å²) in [6.07, 6.45) is 3.86. The Morgan fingerprint density at radius 1 is 1.41 bits per heavy atom. The van der Waals surface area contributed by atoms with Gasteiger partial charge in [0.1, 0.15) is 16.6 Å². The molecule has 1 aromatic heterocycles. The highest BCUT2D eigenvalue weighted by Gasteiger charge is 2.10. The highest BCUT2D eigenvalue weighted by atomic mass is 79.9. The van der Waals surface area contributed by atoms with E-state index in [0.717, 1.165) is 16.8 Å². The number of hydrogen-bond acceptors (Lipinski definition) is 4. The van der Waals surface area contributed by atoms with E-state index in [-0.39, 0.29) is 0 Å². The predicted octanol–water partition coefficient (Wildman–Crippen LogP) is 3.49. The van der Waals surface area contributed by atoms with Crippen LogP contribution in [0.4, 0.5) is 5.82 Å².